The number of carbonyl (C=O) groups is 2. The van der Waals surface area contributed by atoms with Crippen molar-refractivity contribution >= 4 is 19.8 Å². The maximum atomic E-state index is 12.7. The number of hydrogen-bond donors (Lipinski definition) is 4. The largest absolute Gasteiger partial charge is 0.472 e. The van der Waals surface area contributed by atoms with Gasteiger partial charge in [-0.1, -0.05) is 148 Å². The van der Waals surface area contributed by atoms with Crippen LogP contribution >= 0.6 is 7.82 Å². The molecule has 0 rings (SSSR count). The van der Waals surface area contributed by atoms with Crippen LogP contribution in [0.1, 0.15) is 110 Å². The number of aliphatic hydroxyl groups excluding tert-OH is 3. The highest BCUT2D eigenvalue weighted by molar-refractivity contribution is 7.47. The maximum absolute atomic E-state index is 12.7. The van der Waals surface area contributed by atoms with E-state index in [1.54, 1.807) is 42.5 Å². The summed E-state index contributed by atoms with van der Waals surface area (Å²) in [5.74, 6) is -1.24. The molecule has 4 N–H and O–H groups in total. The summed E-state index contributed by atoms with van der Waals surface area (Å²) in [7, 11) is 1.22. The number of allylic oxidation sites excluding steroid dienone is 17. The van der Waals surface area contributed by atoms with E-state index in [-0.39, 0.29) is 32.3 Å². The van der Waals surface area contributed by atoms with Gasteiger partial charge in [0.1, 0.15) is 19.8 Å². The Bertz CT molecular complexity index is 1530. The van der Waals surface area contributed by atoms with Gasteiger partial charge >= 0.3 is 19.8 Å². The zero-order valence-electron chi connectivity index (χ0n) is 38.8. The van der Waals surface area contributed by atoms with Gasteiger partial charge in [0.2, 0.25) is 0 Å². The Balaban J connectivity index is 4.81. The first-order chi connectivity index (χ1) is 30.2. The molecule has 0 spiro atoms. The highest BCUT2D eigenvalue weighted by atomic mass is 31.2. The second kappa shape index (κ2) is 39.8. The number of nitrogens with zero attached hydrogens (tertiary/aromatic N) is 1. The molecule has 0 aliphatic carbocycles. The van der Waals surface area contributed by atoms with Gasteiger partial charge in [-0.05, 0) is 70.6 Å². The van der Waals surface area contributed by atoms with Gasteiger partial charge in [0.25, 0.3) is 0 Å². The third kappa shape index (κ3) is 42.0. The van der Waals surface area contributed by atoms with Crippen LogP contribution in [-0.4, -0.2) is 109 Å². The van der Waals surface area contributed by atoms with Crippen molar-refractivity contribution < 1.29 is 57.4 Å². The molecular formula is C50H81NO11P+. The highest BCUT2D eigenvalue weighted by Gasteiger charge is 2.27. The van der Waals surface area contributed by atoms with Crippen molar-refractivity contribution in [2.45, 2.75) is 135 Å². The van der Waals surface area contributed by atoms with E-state index in [4.69, 9.17) is 18.5 Å². The number of ether oxygens (including phenoxy) is 2. The van der Waals surface area contributed by atoms with E-state index >= 15 is 0 Å². The first kappa shape index (κ1) is 59.3. The number of esters is 2. The van der Waals surface area contributed by atoms with Crippen LogP contribution in [0.15, 0.2) is 122 Å². The highest BCUT2D eigenvalue weighted by Crippen LogP contribution is 2.43. The lowest BCUT2D eigenvalue weighted by atomic mass is 10.1. The molecule has 0 bridgehead atoms. The summed E-state index contributed by atoms with van der Waals surface area (Å²) in [5, 5.41) is 30.5. The molecule has 13 heteroatoms. The molecule has 0 aromatic rings. The molecule has 0 aromatic carbocycles. The van der Waals surface area contributed by atoms with Crippen LogP contribution in [-0.2, 0) is 32.7 Å². The molecule has 0 aromatic heterocycles. The average molecular weight is 903 g/mol. The van der Waals surface area contributed by atoms with Crippen LogP contribution in [0, 0.1) is 0 Å². The summed E-state index contributed by atoms with van der Waals surface area (Å²) in [6, 6.07) is 0. The van der Waals surface area contributed by atoms with Crippen LogP contribution in [0.2, 0.25) is 0 Å². The molecule has 0 radical (unpaired) electrons. The van der Waals surface area contributed by atoms with Crippen LogP contribution in [0.3, 0.4) is 0 Å². The second-order valence-corrected chi connectivity index (χ2v) is 17.4. The summed E-state index contributed by atoms with van der Waals surface area (Å²) in [5.41, 5.74) is 0. The molecule has 0 fully saturated rings. The smallest absolute Gasteiger partial charge is 0.462 e. The van der Waals surface area contributed by atoms with Crippen LogP contribution < -0.4 is 0 Å². The Kier molecular flexibility index (Phi) is 37.5. The van der Waals surface area contributed by atoms with Gasteiger partial charge in [-0.15, -0.1) is 0 Å². The van der Waals surface area contributed by atoms with Crippen molar-refractivity contribution in [3.8, 4) is 0 Å². The van der Waals surface area contributed by atoms with E-state index in [9.17, 15) is 34.4 Å². The zero-order chi connectivity index (χ0) is 46.9. The predicted octanol–water partition coefficient (Wildman–Crippen LogP) is 9.82. The van der Waals surface area contributed by atoms with Gasteiger partial charge in [0.05, 0.1) is 46.1 Å². The summed E-state index contributed by atoms with van der Waals surface area (Å²) >= 11 is 0. The normalized spacial score (nSPS) is 16.1. The zero-order valence-corrected chi connectivity index (χ0v) is 39.7. The number of carbonyl (C=O) groups excluding carboxylic acids is 2. The first-order valence-corrected chi connectivity index (χ1v) is 24.1. The van der Waals surface area contributed by atoms with Gasteiger partial charge in [-0.2, -0.15) is 0 Å². The Hall–Kier alpha value is -3.71. The Morgan fingerprint density at radius 3 is 1.79 bits per heavy atom. The van der Waals surface area contributed by atoms with Crippen molar-refractivity contribution in [2.75, 3.05) is 47.5 Å². The van der Waals surface area contributed by atoms with Crippen molar-refractivity contribution in [3.05, 3.63) is 122 Å². The summed E-state index contributed by atoms with van der Waals surface area (Å²) in [6.07, 6.45) is 45.0. The predicted molar refractivity (Wildman–Crippen MR) is 255 cm³/mol. The van der Waals surface area contributed by atoms with E-state index in [1.807, 2.05) is 52.4 Å². The van der Waals surface area contributed by atoms with E-state index in [1.165, 1.54) is 25.3 Å². The van der Waals surface area contributed by atoms with E-state index < -0.39 is 57.4 Å². The Morgan fingerprint density at radius 2 is 1.21 bits per heavy atom. The summed E-state index contributed by atoms with van der Waals surface area (Å²) < 4.78 is 33.9. The van der Waals surface area contributed by atoms with Gasteiger partial charge in [0, 0.05) is 12.8 Å². The molecule has 5 atom stereocenters. The summed E-state index contributed by atoms with van der Waals surface area (Å²) in [4.78, 5) is 35.4. The Morgan fingerprint density at radius 1 is 0.635 bits per heavy atom. The second-order valence-electron chi connectivity index (χ2n) is 15.9. The van der Waals surface area contributed by atoms with Crippen molar-refractivity contribution in [2.24, 2.45) is 0 Å². The monoisotopic (exact) mass is 903 g/mol. The minimum atomic E-state index is -4.49. The first-order valence-electron chi connectivity index (χ1n) is 22.6. The number of rotatable bonds is 38. The van der Waals surface area contributed by atoms with Gasteiger partial charge in [-0.25, -0.2) is 4.57 Å². The molecule has 0 saturated carbocycles. The number of unbranched alkanes of at least 4 members (excludes halogenated alkanes) is 3. The molecule has 0 heterocycles. The molecule has 0 aliphatic heterocycles. The number of likely N-dealkylation sites (N-methyl/N-ethyl adjacent to an activating group) is 1. The molecule has 356 valence electrons. The third-order valence-corrected chi connectivity index (χ3v) is 9.82. The topological polar surface area (TPSA) is 169 Å². The number of phosphoric acid groups is 1. The molecule has 0 amide bonds. The van der Waals surface area contributed by atoms with E-state index in [0.29, 0.717) is 30.3 Å². The minimum Gasteiger partial charge on any atom is -0.462 e. The number of phosphoric ester groups is 1. The molecule has 12 nitrogen and oxygen atoms in total. The minimum absolute atomic E-state index is 0.0350. The average Bonchev–Trinajstić information content (AvgIpc) is 3.23. The SMILES string of the molecule is CC/C=C\C[C@@H](O)/C=C/C=C/C=C\C=C/[C@H](O)[C@@H](O)CCCC(=O)OC[C@H](COP(=O)(O)OCC[N+](C)(C)C)OC(=O)CC/C=C\C/C=C\C/C=C\C/C=C\C/C=C\CCCCC. The fourth-order valence-corrected chi connectivity index (χ4v) is 5.90. The van der Waals surface area contributed by atoms with Crippen LogP contribution in [0.4, 0.5) is 0 Å². The van der Waals surface area contributed by atoms with Gasteiger partial charge in [-0.3, -0.25) is 18.6 Å². The summed E-state index contributed by atoms with van der Waals surface area (Å²) in [6.45, 7) is 3.68. The van der Waals surface area contributed by atoms with Crippen LogP contribution in [0.25, 0.3) is 0 Å². The fourth-order valence-electron chi connectivity index (χ4n) is 5.16. The number of quaternary nitrogens is 1. The maximum Gasteiger partial charge on any atom is 0.472 e. The Labute approximate surface area is 379 Å². The van der Waals surface area contributed by atoms with E-state index in [0.717, 1.165) is 32.1 Å². The molecule has 63 heavy (non-hydrogen) atoms. The molecule has 0 aliphatic rings. The quantitative estimate of drug-likeness (QED) is 0.0116. The standard InChI is InChI=1S/C50H80NO11P/c1-6-8-10-11-12-13-14-15-16-17-18-19-20-21-22-23-24-29-33-39-50(56)62-46(44-61-63(57,58)60-42-41-51(3,4)5)43-59-49(55)40-34-38-48(54)47(53)37-32-28-26-25-27-31-36-45(52)35-30-9-7-2/h9,12-13,15-16,18-19,21-22,24-32,36-37,45-48,52-54H,6-8,10-11,14,17,20,23,33-35,38-44H2,1-5H3/p+1/b13-12-,16-15-,19-18-,22-21-,27-25+,28-26-,29-24-,30-9-,36-31+,37-32-/t45-,46-,47+,48+/m1/s1. The van der Waals surface area contributed by atoms with Crippen LogP contribution in [0.5, 0.6) is 0 Å². The third-order valence-electron chi connectivity index (χ3n) is 8.83. The van der Waals surface area contributed by atoms with E-state index in [2.05, 4.69) is 55.5 Å². The molecule has 1 unspecified atom stereocenters. The molecule has 0 saturated heterocycles. The number of aliphatic hydroxyl groups is 3. The van der Waals surface area contributed by atoms with Gasteiger partial charge in [0.15, 0.2) is 6.10 Å². The van der Waals surface area contributed by atoms with Crippen molar-refractivity contribution in [1.82, 2.24) is 0 Å². The lowest BCUT2D eigenvalue weighted by molar-refractivity contribution is -0.870. The van der Waals surface area contributed by atoms with Crippen molar-refractivity contribution in [3.63, 3.8) is 0 Å². The molecular weight excluding hydrogens is 822 g/mol. The fraction of sp³-hybridized carbons (Fsp3) is 0.560. The lowest BCUT2D eigenvalue weighted by Gasteiger charge is -2.24. The number of hydrogen-bond acceptors (Lipinski definition) is 10. The lowest BCUT2D eigenvalue weighted by Crippen LogP contribution is -2.37. The van der Waals surface area contributed by atoms with Gasteiger partial charge < -0.3 is 34.2 Å². The van der Waals surface area contributed by atoms with Crippen molar-refractivity contribution in [1.29, 1.82) is 0 Å².